The second-order valence-corrected chi connectivity index (χ2v) is 46.2. The molecule has 42 heteroatoms. The first-order valence-corrected chi connectivity index (χ1v) is 45.5. The molecule has 0 saturated carbocycles. The highest BCUT2D eigenvalue weighted by molar-refractivity contribution is 8.07. The Morgan fingerprint density at radius 2 is 0.730 bits per heavy atom. The summed E-state index contributed by atoms with van der Waals surface area (Å²) in [6.45, 7) is 48.4. The molecule has 680 valence electrons. The molecule has 8 aliphatic heterocycles. The summed E-state index contributed by atoms with van der Waals surface area (Å²) in [6.07, 6.45) is 4.52. The van der Waals surface area contributed by atoms with Gasteiger partial charge in [0.2, 0.25) is 17.8 Å². The molecule has 15 rings (SSSR count). The van der Waals surface area contributed by atoms with E-state index < -0.39 is 114 Å². The van der Waals surface area contributed by atoms with Crippen LogP contribution in [-0.4, -0.2) is 198 Å². The van der Waals surface area contributed by atoms with E-state index in [0.717, 1.165) is 31.2 Å². The predicted molar refractivity (Wildman–Crippen MR) is 457 cm³/mol. The van der Waals surface area contributed by atoms with Gasteiger partial charge in [0, 0.05) is 37.4 Å². The van der Waals surface area contributed by atoms with Crippen molar-refractivity contribution in [2.45, 2.75) is 343 Å². The van der Waals surface area contributed by atoms with Gasteiger partial charge in [-0.2, -0.15) is 19.9 Å². The van der Waals surface area contributed by atoms with E-state index in [0.29, 0.717) is 57.8 Å². The second-order valence-electron chi connectivity index (χ2n) is 42.1. The van der Waals surface area contributed by atoms with Crippen molar-refractivity contribution in [2.24, 2.45) is 21.7 Å². The average molecular weight is 1770 g/mol. The third-order valence-electron chi connectivity index (χ3n) is 21.3. The summed E-state index contributed by atoms with van der Waals surface area (Å²) in [5.41, 5.74) is 18.1. The van der Waals surface area contributed by atoms with Crippen LogP contribution < -0.4 is 45.3 Å². The van der Waals surface area contributed by atoms with Gasteiger partial charge in [-0.1, -0.05) is 83.1 Å². The van der Waals surface area contributed by atoms with E-state index in [9.17, 15) is 33.5 Å². The number of phosphoric ester groups is 1. The van der Waals surface area contributed by atoms with Crippen LogP contribution in [0, 0.1) is 28.6 Å². The highest BCUT2D eigenvalue weighted by Gasteiger charge is 2.67. The van der Waals surface area contributed by atoms with E-state index in [1.807, 2.05) is 48.5 Å². The lowest BCUT2D eigenvalue weighted by Crippen LogP contribution is -2.54. The number of hydrogen-bond acceptors (Lipinski definition) is 31. The molecule has 18 atom stereocenters. The largest absolute Gasteiger partial charge is 0.473 e. The molecular formula is C80H128N18O21P2S. The van der Waals surface area contributed by atoms with Crippen molar-refractivity contribution in [1.29, 1.82) is 0 Å². The number of anilines is 4. The zero-order valence-corrected chi connectivity index (χ0v) is 77.5. The van der Waals surface area contributed by atoms with Crippen molar-refractivity contribution in [3.8, 4) is 0 Å². The molecule has 8 fully saturated rings. The predicted octanol–water partition coefficient (Wildman–Crippen LogP) is 10.3. The van der Waals surface area contributed by atoms with Crippen LogP contribution >= 0.6 is 14.5 Å². The summed E-state index contributed by atoms with van der Waals surface area (Å²) in [5, 5.41) is 0. The van der Waals surface area contributed by atoms with E-state index in [-0.39, 0.29) is 114 Å². The molecule has 13 N–H and O–H groups in total. The van der Waals surface area contributed by atoms with Gasteiger partial charge in [0.1, 0.15) is 77.1 Å². The number of fused-ring (bicyclic) bond motifs is 11. The minimum absolute atomic E-state index is 0.0298. The number of aryl methyl sites for hydroxylation is 1. The highest BCUT2D eigenvalue weighted by atomic mass is 32.5. The van der Waals surface area contributed by atoms with Gasteiger partial charge in [-0.15, -0.1) is 0 Å². The van der Waals surface area contributed by atoms with Gasteiger partial charge in [0.05, 0.1) is 67.8 Å². The van der Waals surface area contributed by atoms with Crippen molar-refractivity contribution in [1.82, 2.24) is 68.1 Å². The molecule has 15 heterocycles. The molecule has 39 nitrogen and oxygen atoms in total. The summed E-state index contributed by atoms with van der Waals surface area (Å²) in [6, 6.07) is 0. The first-order valence-electron chi connectivity index (χ1n) is 41.4. The molecule has 0 amide bonds. The Bertz CT molecular complexity index is 5150. The van der Waals surface area contributed by atoms with Gasteiger partial charge in [-0.3, -0.25) is 61.2 Å². The fourth-order valence-electron chi connectivity index (χ4n) is 18.2. The standard InChI is InChI=1S/C20H32N5O7P.C20H32N5O6PS.C20H31N5O4.C20H33N3O4/c1-18(2,3)9-20-7-8-29-12(13(20)31-33(27,28)32-19(4,5)6)16(30-20)25-10-22-11-14(25)23-17(21)24-15(11)26;1-18(2,3)9-20-7-8-28-12(13(20)30-32(27,33)31-19(4,5)6)16(29-20)25-10-22-11-14(25)23-17(21)24-15(11)26;1-18(2,3)9-20-7-8-27-12(13(20)28-19(4,5)6)16(29-20)25-10-22-11-14(25)23-17(21)24-15(11)26;1-12-10-23(17(24)22-15(12)21)16-13-14(26-19(5,6)7)20(27-16,8-9-25-13)11-18(2,3)4/h10,12-13,16H,7-9H2,1-6H3,(H,27,28)(H3,21,23,24,26);10,12-13,16H,7-9H2,1-6H3,(H,27,33)(H3,21,23,24,26);10,12-13,16H,7-9H2,1-6H3,(H3,21,23,24,26);10,13-14,16H,8-9,11H2,1-7H3,(H2,21,22,24)/t12-,13?,16+,20+;12-,13?,16+,20+,32?;12-,13?,16+,20+;13-,14?,16+,20+/m0000/s1. The van der Waals surface area contributed by atoms with E-state index in [2.05, 4.69) is 133 Å². The molecular weight excluding hydrogens is 1640 g/mol. The number of rotatable bonds is 16. The lowest BCUT2D eigenvalue weighted by Gasteiger charge is -2.44. The van der Waals surface area contributed by atoms with Crippen molar-refractivity contribution in [2.75, 3.05) is 49.4 Å². The normalized spacial score (nSPS) is 30.3. The van der Waals surface area contributed by atoms with E-state index in [4.69, 9.17) is 100 Å². The molecule has 0 aliphatic carbocycles. The number of nitrogens with two attached hydrogens (primary N) is 4. The van der Waals surface area contributed by atoms with Crippen LogP contribution in [0.3, 0.4) is 0 Å². The quantitative estimate of drug-likeness (QED) is 0.0406. The van der Waals surface area contributed by atoms with Gasteiger partial charge < -0.3 is 84.6 Å². The smallest absolute Gasteiger partial charge is 0.383 e. The maximum Gasteiger partial charge on any atom is 0.473 e. The molecule has 0 aromatic carbocycles. The van der Waals surface area contributed by atoms with Crippen molar-refractivity contribution >= 4 is 83.5 Å². The Morgan fingerprint density at radius 1 is 0.443 bits per heavy atom. The molecule has 8 bridgehead atoms. The van der Waals surface area contributed by atoms with Crippen LogP contribution in [0.15, 0.2) is 44.4 Å². The molecule has 7 aromatic rings. The number of phosphoric acid groups is 1. The topological polar surface area (TPSA) is 516 Å². The fraction of sp³-hybridized carbons (Fsp3) is 0.762. The Morgan fingerprint density at radius 3 is 1.02 bits per heavy atom. The van der Waals surface area contributed by atoms with Crippen molar-refractivity contribution < 1.29 is 79.8 Å². The van der Waals surface area contributed by atoms with Crippen LogP contribution in [-0.2, 0) is 81.8 Å². The number of nitrogen functional groups attached to an aromatic ring is 4. The van der Waals surface area contributed by atoms with E-state index in [1.54, 1.807) is 67.8 Å². The first-order chi connectivity index (χ1) is 55.9. The van der Waals surface area contributed by atoms with Gasteiger partial charge >= 0.3 is 20.2 Å². The number of H-pyrrole nitrogens is 3. The lowest BCUT2D eigenvalue weighted by atomic mass is 9.76. The molecule has 0 radical (unpaired) electrons. The lowest BCUT2D eigenvalue weighted by molar-refractivity contribution is -0.195. The number of hydrogen-bond donors (Lipinski definition) is 9. The number of nitrogens with one attached hydrogen (secondary N) is 3. The van der Waals surface area contributed by atoms with Gasteiger partial charge in [-0.25, -0.2) is 24.3 Å². The number of ether oxygens (including phenoxy) is 10. The maximum atomic E-state index is 12.9. The number of imidazole rings is 3. The van der Waals surface area contributed by atoms with Gasteiger partial charge in [-0.05, 0) is 149 Å². The molecule has 7 aromatic heterocycles. The van der Waals surface area contributed by atoms with Crippen LogP contribution in [0.5, 0.6) is 0 Å². The molecule has 8 saturated heterocycles. The highest BCUT2D eigenvalue weighted by Crippen LogP contribution is 2.61. The minimum atomic E-state index is -4.47. The second kappa shape index (κ2) is 33.2. The van der Waals surface area contributed by atoms with Gasteiger partial charge in [0.25, 0.3) is 16.7 Å². The summed E-state index contributed by atoms with van der Waals surface area (Å²) < 4.78 is 106. The third-order valence-corrected chi connectivity index (χ3v) is 24.4. The van der Waals surface area contributed by atoms with Crippen LogP contribution in [0.4, 0.5) is 23.7 Å². The minimum Gasteiger partial charge on any atom is -0.383 e. The zero-order valence-electron chi connectivity index (χ0n) is 74.9. The maximum absolute atomic E-state index is 12.9. The molecule has 0 spiro atoms. The van der Waals surface area contributed by atoms with Crippen molar-refractivity contribution in [3.05, 3.63) is 72.3 Å². The fourth-order valence-corrected chi connectivity index (χ4v) is 21.8. The van der Waals surface area contributed by atoms with E-state index in [1.165, 1.54) is 17.2 Å². The summed E-state index contributed by atoms with van der Waals surface area (Å²) in [7, 11) is -4.47. The van der Waals surface area contributed by atoms with Gasteiger partial charge in [0.15, 0.2) is 58.4 Å². The summed E-state index contributed by atoms with van der Waals surface area (Å²) in [5.74, 6) is 0.188. The van der Waals surface area contributed by atoms with Crippen molar-refractivity contribution in [3.63, 3.8) is 0 Å². The van der Waals surface area contributed by atoms with E-state index >= 15 is 0 Å². The SMILES string of the molecule is CC(C)(C)C[C@]12CCO[C@@H](C1OC(C)(C)C)[C@H](n1cnc3c(=O)[nH]c(N)nc31)O2.CC(C)(C)C[C@]12CCO[C@@H](C1OP(=O)(O)OC(C)(C)C)[C@H](n1cnc3c(=O)[nH]c(N)nc31)O2.CC(C)(C)C[C@]12CCO[C@@H](C1OP(O)(=S)OC(C)(C)C)[C@H](n1cnc3c(=O)[nH]c(N)nc31)O2.Cc1cn([C@@H]2O[C@@]3(CC(C)(C)C)CCO[C@H]2C3OC(C)(C)C)c(=O)nc1N. The summed E-state index contributed by atoms with van der Waals surface area (Å²) >= 11 is 5.36. The molecule has 6 unspecified atom stereocenters. The number of aromatic nitrogens is 14. The number of aromatic amines is 3. The Balaban J connectivity index is 0.000000149. The Kier molecular flexibility index (Phi) is 25.7. The Labute approximate surface area is 714 Å². The van der Waals surface area contributed by atoms with Crippen LogP contribution in [0.25, 0.3) is 33.5 Å². The third kappa shape index (κ3) is 21.1. The summed E-state index contributed by atoms with van der Waals surface area (Å²) in [4.78, 5) is 107. The average Bonchev–Trinajstić information content (AvgIpc) is 1.60. The monoisotopic (exact) mass is 1770 g/mol. The Hall–Kier alpha value is -6.63. The molecule has 8 aliphatic rings. The van der Waals surface area contributed by atoms with Crippen LogP contribution in [0.2, 0.25) is 0 Å². The number of nitrogens with zero attached hydrogens (tertiary/aromatic N) is 11. The first kappa shape index (κ1) is 94.5. The molecule has 122 heavy (non-hydrogen) atoms. The van der Waals surface area contributed by atoms with Crippen LogP contribution in [0.1, 0.15) is 248 Å². The zero-order chi connectivity index (χ0) is 90.2.